The topological polar surface area (TPSA) is 97.3 Å². The fourth-order valence-electron chi connectivity index (χ4n) is 2.90. The predicted octanol–water partition coefficient (Wildman–Crippen LogP) is 1.63. The van der Waals surface area contributed by atoms with Gasteiger partial charge in [-0.1, -0.05) is 0 Å². The van der Waals surface area contributed by atoms with Gasteiger partial charge in [-0.15, -0.1) is 24.8 Å². The van der Waals surface area contributed by atoms with E-state index >= 15 is 0 Å². The molecule has 0 radical (unpaired) electrons. The van der Waals surface area contributed by atoms with Gasteiger partial charge in [0.2, 0.25) is 5.91 Å². The summed E-state index contributed by atoms with van der Waals surface area (Å²) in [5, 5.41) is 9.99. The molecule has 160 valence electrons. The summed E-state index contributed by atoms with van der Waals surface area (Å²) in [7, 11) is 7.40. The molecule has 0 spiro atoms. The van der Waals surface area contributed by atoms with Crippen molar-refractivity contribution in [2.24, 2.45) is 7.05 Å². The molecule has 0 aliphatic carbocycles. The van der Waals surface area contributed by atoms with Crippen molar-refractivity contribution in [3.8, 4) is 0 Å². The number of hydrogen-bond acceptors (Lipinski definition) is 6. The number of aryl methyl sites for hydroxylation is 1. The van der Waals surface area contributed by atoms with Crippen LogP contribution in [0.15, 0.2) is 39.8 Å². The van der Waals surface area contributed by atoms with Gasteiger partial charge in [-0.05, 0) is 39.3 Å². The molecule has 1 atom stereocenters. The van der Waals surface area contributed by atoms with Crippen LogP contribution in [0.2, 0.25) is 0 Å². The molecule has 29 heavy (non-hydrogen) atoms. The molecule has 0 saturated heterocycles. The van der Waals surface area contributed by atoms with Crippen LogP contribution in [0.1, 0.15) is 11.6 Å². The van der Waals surface area contributed by atoms with Crippen molar-refractivity contribution in [3.05, 3.63) is 46.7 Å². The molecular formula is C18H26Cl2N6O3. The van der Waals surface area contributed by atoms with Crippen molar-refractivity contribution >= 4 is 47.5 Å². The Bertz CT molecular complexity index is 1010. The maximum Gasteiger partial charge on any atom is 0.419 e. The van der Waals surface area contributed by atoms with Gasteiger partial charge < -0.3 is 20.0 Å². The Hall–Kier alpha value is -2.33. The summed E-state index contributed by atoms with van der Waals surface area (Å²) < 4.78 is 8.50. The van der Waals surface area contributed by atoms with Crippen molar-refractivity contribution in [1.82, 2.24) is 24.6 Å². The van der Waals surface area contributed by atoms with E-state index in [1.807, 2.05) is 19.0 Å². The molecule has 0 fully saturated rings. The molecule has 1 aromatic carbocycles. The lowest BCUT2D eigenvalue weighted by atomic mass is 10.1. The minimum Gasteiger partial charge on any atom is -0.408 e. The van der Waals surface area contributed by atoms with E-state index in [1.165, 1.54) is 0 Å². The maximum atomic E-state index is 12.7. The largest absolute Gasteiger partial charge is 0.419 e. The van der Waals surface area contributed by atoms with Gasteiger partial charge in [0.1, 0.15) is 6.04 Å². The highest BCUT2D eigenvalue weighted by Gasteiger charge is 2.20. The summed E-state index contributed by atoms with van der Waals surface area (Å²) in [6, 6.07) is 4.63. The third kappa shape index (κ3) is 5.60. The van der Waals surface area contributed by atoms with Crippen LogP contribution in [-0.4, -0.2) is 52.8 Å². The smallest absolute Gasteiger partial charge is 0.408 e. The maximum absolute atomic E-state index is 12.7. The number of aromatic nitrogens is 3. The SMILES string of the molecule is CNC(C(=O)Nc1ccc2oc(=O)n(CCN(C)C)c2c1)c1cnn(C)c1.Cl.Cl. The van der Waals surface area contributed by atoms with Crippen LogP contribution >= 0.6 is 24.8 Å². The Balaban J connectivity index is 0.00000210. The zero-order chi connectivity index (χ0) is 19.6. The number of carbonyl (C=O) groups excluding carboxylic acids is 1. The van der Waals surface area contributed by atoms with Crippen molar-refractivity contribution in [2.75, 3.05) is 33.0 Å². The summed E-state index contributed by atoms with van der Waals surface area (Å²) in [6.07, 6.45) is 3.44. The Labute approximate surface area is 180 Å². The third-order valence-corrected chi connectivity index (χ3v) is 4.31. The second-order valence-electron chi connectivity index (χ2n) is 6.66. The highest BCUT2D eigenvalue weighted by Crippen LogP contribution is 2.20. The first-order valence-corrected chi connectivity index (χ1v) is 8.64. The average molecular weight is 445 g/mol. The van der Waals surface area contributed by atoms with E-state index in [0.717, 1.165) is 5.56 Å². The molecule has 1 unspecified atom stereocenters. The van der Waals surface area contributed by atoms with Crippen LogP contribution in [0, 0.1) is 0 Å². The van der Waals surface area contributed by atoms with Crippen molar-refractivity contribution in [3.63, 3.8) is 0 Å². The first kappa shape index (κ1) is 24.7. The van der Waals surface area contributed by atoms with Crippen molar-refractivity contribution in [1.29, 1.82) is 0 Å². The standard InChI is InChI=1S/C18H24N6O3.2ClH/c1-19-16(12-10-20-23(4)11-12)17(25)21-13-5-6-15-14(9-13)24(18(26)27-15)8-7-22(2)3;;/h5-6,9-11,16,19H,7-8H2,1-4H3,(H,21,25);2*1H. The third-order valence-electron chi connectivity index (χ3n) is 4.31. The van der Waals surface area contributed by atoms with Crippen LogP contribution in [0.4, 0.5) is 5.69 Å². The summed E-state index contributed by atoms with van der Waals surface area (Å²) in [5.41, 5.74) is 2.51. The fourth-order valence-corrected chi connectivity index (χ4v) is 2.90. The Morgan fingerprint density at radius 3 is 2.62 bits per heavy atom. The molecule has 2 N–H and O–H groups in total. The van der Waals surface area contributed by atoms with Crippen LogP contribution in [0.3, 0.4) is 0 Å². The van der Waals surface area contributed by atoms with Crippen molar-refractivity contribution < 1.29 is 9.21 Å². The lowest BCUT2D eigenvalue weighted by Gasteiger charge is -2.15. The summed E-state index contributed by atoms with van der Waals surface area (Å²) in [4.78, 5) is 26.8. The summed E-state index contributed by atoms with van der Waals surface area (Å²) >= 11 is 0. The monoisotopic (exact) mass is 444 g/mol. The molecule has 2 heterocycles. The van der Waals surface area contributed by atoms with Gasteiger partial charge in [-0.3, -0.25) is 14.0 Å². The molecule has 2 aromatic heterocycles. The molecule has 1 amide bonds. The molecule has 0 aliphatic rings. The average Bonchev–Trinajstić information content (AvgIpc) is 3.16. The van der Waals surface area contributed by atoms with E-state index in [0.29, 0.717) is 29.9 Å². The number of likely N-dealkylation sites (N-methyl/N-ethyl adjacent to an activating group) is 2. The van der Waals surface area contributed by atoms with Crippen LogP contribution in [0.5, 0.6) is 0 Å². The Kier molecular flexibility index (Phi) is 8.90. The van der Waals surface area contributed by atoms with E-state index in [1.54, 1.807) is 53.9 Å². The molecule has 9 nitrogen and oxygen atoms in total. The molecule has 0 bridgehead atoms. The number of rotatable bonds is 7. The quantitative estimate of drug-likeness (QED) is 0.574. The van der Waals surface area contributed by atoms with Gasteiger partial charge in [0, 0.05) is 37.6 Å². The molecule has 11 heteroatoms. The van der Waals surface area contributed by atoms with Crippen LogP contribution in [-0.2, 0) is 18.4 Å². The van der Waals surface area contributed by atoms with Gasteiger partial charge in [0.25, 0.3) is 0 Å². The number of benzene rings is 1. The number of nitrogens with one attached hydrogen (secondary N) is 2. The van der Waals surface area contributed by atoms with Crippen molar-refractivity contribution in [2.45, 2.75) is 12.6 Å². The summed E-state index contributed by atoms with van der Waals surface area (Å²) in [6.45, 7) is 1.21. The molecular weight excluding hydrogens is 419 g/mol. The first-order valence-electron chi connectivity index (χ1n) is 8.64. The van der Waals surface area contributed by atoms with Crippen LogP contribution < -0.4 is 16.4 Å². The number of nitrogens with zero attached hydrogens (tertiary/aromatic N) is 4. The molecule has 3 aromatic rings. The van der Waals surface area contributed by atoms with E-state index < -0.39 is 11.8 Å². The first-order chi connectivity index (χ1) is 12.9. The zero-order valence-corrected chi connectivity index (χ0v) is 18.3. The second kappa shape index (κ2) is 10.4. The lowest BCUT2D eigenvalue weighted by Crippen LogP contribution is -2.30. The Morgan fingerprint density at radius 1 is 1.31 bits per heavy atom. The fraction of sp³-hybridized carbons (Fsp3) is 0.389. The minimum atomic E-state index is -0.533. The van der Waals surface area contributed by atoms with E-state index in [2.05, 4.69) is 15.7 Å². The number of amides is 1. The predicted molar refractivity (Wildman–Crippen MR) is 117 cm³/mol. The van der Waals surface area contributed by atoms with Gasteiger partial charge >= 0.3 is 5.76 Å². The van der Waals surface area contributed by atoms with Gasteiger partial charge in [0.05, 0.1) is 11.7 Å². The number of oxazole rings is 1. The van der Waals surface area contributed by atoms with Gasteiger partial charge in [-0.25, -0.2) is 4.79 Å². The summed E-state index contributed by atoms with van der Waals surface area (Å²) in [5.74, 6) is -0.616. The second-order valence-corrected chi connectivity index (χ2v) is 6.66. The van der Waals surface area contributed by atoms with E-state index in [-0.39, 0.29) is 30.7 Å². The highest BCUT2D eigenvalue weighted by atomic mass is 35.5. The van der Waals surface area contributed by atoms with Gasteiger partial charge in [-0.2, -0.15) is 5.10 Å². The lowest BCUT2D eigenvalue weighted by molar-refractivity contribution is -0.118. The zero-order valence-electron chi connectivity index (χ0n) is 16.7. The van der Waals surface area contributed by atoms with E-state index in [9.17, 15) is 9.59 Å². The normalized spacial score (nSPS) is 11.8. The number of carbonyl (C=O) groups is 1. The van der Waals surface area contributed by atoms with Gasteiger partial charge in [0.15, 0.2) is 5.58 Å². The minimum absolute atomic E-state index is 0. The highest BCUT2D eigenvalue weighted by molar-refractivity contribution is 5.96. The number of hydrogen-bond donors (Lipinski definition) is 2. The number of anilines is 1. The number of halogens is 2. The molecule has 0 saturated carbocycles. The molecule has 3 rings (SSSR count). The number of fused-ring (bicyclic) bond motifs is 1. The Morgan fingerprint density at radius 2 is 2.03 bits per heavy atom. The molecule has 0 aliphatic heterocycles. The van der Waals surface area contributed by atoms with E-state index in [4.69, 9.17) is 4.42 Å². The van der Waals surface area contributed by atoms with Crippen LogP contribution in [0.25, 0.3) is 11.1 Å².